The monoisotopic (exact) mass is 338 g/mol. The van der Waals surface area contributed by atoms with Gasteiger partial charge >= 0.3 is 0 Å². The van der Waals surface area contributed by atoms with Crippen LogP contribution in [0.1, 0.15) is 5.89 Å². The Kier molecular flexibility index (Phi) is 3.54. The van der Waals surface area contributed by atoms with E-state index in [4.69, 9.17) is 8.83 Å². The summed E-state index contributed by atoms with van der Waals surface area (Å²) in [5.74, 6) is 1.01. The molecule has 2 heterocycles. The lowest BCUT2D eigenvalue weighted by Crippen LogP contribution is -1.86. The number of benzene rings is 2. The molecule has 1 atom stereocenters. The van der Waals surface area contributed by atoms with Crippen LogP contribution in [0.25, 0.3) is 33.6 Å². The Bertz CT molecular complexity index is 1050. The fourth-order valence-electron chi connectivity index (χ4n) is 2.63. The van der Waals surface area contributed by atoms with Gasteiger partial charge in [-0.2, -0.15) is 0 Å². The zero-order valence-corrected chi connectivity index (χ0v) is 14.0. The van der Waals surface area contributed by atoms with E-state index in [0.717, 1.165) is 32.6 Å². The third-order valence-electron chi connectivity index (χ3n) is 3.84. The van der Waals surface area contributed by atoms with Gasteiger partial charge in [-0.05, 0) is 35.9 Å². The summed E-state index contributed by atoms with van der Waals surface area (Å²) in [5, 5.41) is 8.89. The standard InChI is InChI=1S/C18H14N2O3S/c1-11-19-20-18(23-11)13-5-8-17-15(9-13)16(10-22-17)12-3-6-14(7-4-12)24(2)21/h3-10H,1-2H3/t24-/m1/s1. The summed E-state index contributed by atoms with van der Waals surface area (Å²) < 4.78 is 22.7. The van der Waals surface area contributed by atoms with Crippen molar-refractivity contribution in [3.63, 3.8) is 0 Å². The molecule has 0 bridgehead atoms. The Morgan fingerprint density at radius 3 is 2.42 bits per heavy atom. The minimum absolute atomic E-state index is 0.485. The highest BCUT2D eigenvalue weighted by molar-refractivity contribution is 7.84. The second kappa shape index (κ2) is 5.72. The number of hydrogen-bond donors (Lipinski definition) is 0. The van der Waals surface area contributed by atoms with Crippen LogP contribution in [0.4, 0.5) is 0 Å². The number of fused-ring (bicyclic) bond motifs is 1. The molecule has 0 N–H and O–H groups in total. The summed E-state index contributed by atoms with van der Waals surface area (Å²) in [5.41, 5.74) is 3.60. The summed E-state index contributed by atoms with van der Waals surface area (Å²) in [4.78, 5) is 0.800. The van der Waals surface area contributed by atoms with Crippen LogP contribution in [0.5, 0.6) is 0 Å². The van der Waals surface area contributed by atoms with Gasteiger partial charge in [0.15, 0.2) is 0 Å². The second-order valence-electron chi connectivity index (χ2n) is 5.47. The molecule has 0 saturated carbocycles. The van der Waals surface area contributed by atoms with Gasteiger partial charge in [-0.3, -0.25) is 4.21 Å². The number of rotatable bonds is 3. The molecular weight excluding hydrogens is 324 g/mol. The zero-order valence-electron chi connectivity index (χ0n) is 13.1. The van der Waals surface area contributed by atoms with Crippen molar-refractivity contribution in [1.82, 2.24) is 10.2 Å². The highest BCUT2D eigenvalue weighted by atomic mass is 32.2. The lowest BCUT2D eigenvalue weighted by Gasteiger charge is -2.02. The fourth-order valence-corrected chi connectivity index (χ4v) is 3.14. The van der Waals surface area contributed by atoms with E-state index in [0.29, 0.717) is 11.8 Å². The van der Waals surface area contributed by atoms with Crippen LogP contribution >= 0.6 is 0 Å². The highest BCUT2D eigenvalue weighted by Gasteiger charge is 2.12. The molecule has 120 valence electrons. The zero-order chi connectivity index (χ0) is 16.7. The first-order valence-corrected chi connectivity index (χ1v) is 8.93. The SMILES string of the molecule is Cc1nnc(-c2ccc3occ(-c4ccc([S@@](C)=O)cc4)c3c2)o1. The molecule has 6 heteroatoms. The van der Waals surface area contributed by atoms with E-state index < -0.39 is 10.8 Å². The Balaban J connectivity index is 1.82. The van der Waals surface area contributed by atoms with Gasteiger partial charge < -0.3 is 8.83 Å². The Morgan fingerprint density at radius 2 is 1.75 bits per heavy atom. The van der Waals surface area contributed by atoms with Crippen LogP contribution in [0, 0.1) is 6.92 Å². The minimum atomic E-state index is -0.988. The van der Waals surface area contributed by atoms with E-state index in [9.17, 15) is 4.21 Å². The van der Waals surface area contributed by atoms with E-state index in [2.05, 4.69) is 10.2 Å². The third kappa shape index (κ3) is 2.55. The van der Waals surface area contributed by atoms with Crippen molar-refractivity contribution in [2.75, 3.05) is 6.26 Å². The predicted octanol–water partition coefficient (Wildman–Crippen LogP) is 4.20. The summed E-state index contributed by atoms with van der Waals surface area (Å²) in [6.07, 6.45) is 3.40. The maximum absolute atomic E-state index is 11.5. The maximum atomic E-state index is 11.5. The van der Waals surface area contributed by atoms with Gasteiger partial charge in [0, 0.05) is 45.4 Å². The van der Waals surface area contributed by atoms with Crippen molar-refractivity contribution in [1.29, 1.82) is 0 Å². The molecule has 0 radical (unpaired) electrons. The molecule has 0 fully saturated rings. The minimum Gasteiger partial charge on any atom is -0.464 e. The van der Waals surface area contributed by atoms with Crippen LogP contribution in [0.15, 0.2) is 62.5 Å². The summed E-state index contributed by atoms with van der Waals surface area (Å²) in [6.45, 7) is 1.76. The number of nitrogens with zero attached hydrogens (tertiary/aromatic N) is 2. The maximum Gasteiger partial charge on any atom is 0.247 e. The number of hydrogen-bond acceptors (Lipinski definition) is 5. The average Bonchev–Trinajstić information content (AvgIpc) is 3.20. The second-order valence-corrected chi connectivity index (χ2v) is 6.84. The highest BCUT2D eigenvalue weighted by Crippen LogP contribution is 2.33. The van der Waals surface area contributed by atoms with Crippen LogP contribution in [-0.4, -0.2) is 20.7 Å². The number of aromatic nitrogens is 2. The van der Waals surface area contributed by atoms with E-state index in [1.165, 1.54) is 0 Å². The van der Waals surface area contributed by atoms with Crippen molar-refractivity contribution in [3.8, 4) is 22.6 Å². The van der Waals surface area contributed by atoms with Crippen molar-refractivity contribution in [2.24, 2.45) is 0 Å². The lowest BCUT2D eigenvalue weighted by atomic mass is 10.0. The van der Waals surface area contributed by atoms with Gasteiger partial charge in [0.05, 0.1) is 6.26 Å². The molecule has 0 unspecified atom stereocenters. The van der Waals surface area contributed by atoms with Gasteiger partial charge in [-0.15, -0.1) is 10.2 Å². The largest absolute Gasteiger partial charge is 0.464 e. The van der Waals surface area contributed by atoms with Crippen molar-refractivity contribution in [3.05, 3.63) is 54.6 Å². The normalized spacial score (nSPS) is 12.6. The molecule has 2 aromatic heterocycles. The van der Waals surface area contributed by atoms with Crippen LogP contribution < -0.4 is 0 Å². The molecule has 0 aliphatic heterocycles. The van der Waals surface area contributed by atoms with Crippen molar-refractivity contribution in [2.45, 2.75) is 11.8 Å². The summed E-state index contributed by atoms with van der Waals surface area (Å²) in [6, 6.07) is 13.4. The third-order valence-corrected chi connectivity index (χ3v) is 4.78. The Labute approximate surface area is 140 Å². The number of aryl methyl sites for hydroxylation is 1. The first kappa shape index (κ1) is 14.8. The van der Waals surface area contributed by atoms with Gasteiger partial charge in [-0.25, -0.2) is 0 Å². The number of furan rings is 1. The quantitative estimate of drug-likeness (QED) is 0.560. The van der Waals surface area contributed by atoms with Gasteiger partial charge in [-0.1, -0.05) is 12.1 Å². The van der Waals surface area contributed by atoms with Crippen molar-refractivity contribution >= 4 is 21.8 Å². The molecule has 4 rings (SSSR count). The molecule has 5 nitrogen and oxygen atoms in total. The molecule has 0 amide bonds. The van der Waals surface area contributed by atoms with Crippen LogP contribution in [0.2, 0.25) is 0 Å². The predicted molar refractivity (Wildman–Crippen MR) is 92.0 cm³/mol. The molecule has 24 heavy (non-hydrogen) atoms. The van der Waals surface area contributed by atoms with Crippen molar-refractivity contribution < 1.29 is 13.0 Å². The topological polar surface area (TPSA) is 69.1 Å². The molecule has 2 aromatic carbocycles. The van der Waals surface area contributed by atoms with E-state index in [1.54, 1.807) is 19.4 Å². The fraction of sp³-hybridized carbons (Fsp3) is 0.111. The van der Waals surface area contributed by atoms with E-state index in [-0.39, 0.29) is 0 Å². The molecule has 0 saturated heterocycles. The molecule has 0 aliphatic carbocycles. The lowest BCUT2D eigenvalue weighted by molar-refractivity contribution is 0.533. The first-order valence-electron chi connectivity index (χ1n) is 7.37. The molecule has 0 aliphatic rings. The molecular formula is C18H14N2O3S. The smallest absolute Gasteiger partial charge is 0.247 e. The van der Waals surface area contributed by atoms with Crippen LogP contribution in [0.3, 0.4) is 0 Å². The summed E-state index contributed by atoms with van der Waals surface area (Å²) in [7, 11) is -0.988. The van der Waals surface area contributed by atoms with Gasteiger partial charge in [0.1, 0.15) is 5.58 Å². The van der Waals surface area contributed by atoms with E-state index in [1.807, 2.05) is 42.5 Å². The van der Waals surface area contributed by atoms with Gasteiger partial charge in [0.25, 0.3) is 0 Å². The van der Waals surface area contributed by atoms with E-state index >= 15 is 0 Å². The van der Waals surface area contributed by atoms with Gasteiger partial charge in [0.2, 0.25) is 11.8 Å². The average molecular weight is 338 g/mol. The first-order chi connectivity index (χ1) is 11.6. The molecule has 4 aromatic rings. The Morgan fingerprint density at radius 1 is 1.00 bits per heavy atom. The Hall–Kier alpha value is -2.73. The molecule has 0 spiro atoms. The van der Waals surface area contributed by atoms with Crippen LogP contribution in [-0.2, 0) is 10.8 Å². The summed E-state index contributed by atoms with van der Waals surface area (Å²) >= 11 is 0.